The minimum atomic E-state index is -4.53. The molecule has 0 aliphatic rings. The second kappa shape index (κ2) is 2.78. The summed E-state index contributed by atoms with van der Waals surface area (Å²) in [6, 6.07) is -0.551. The Balaban J connectivity index is 2.92. The molecule has 2 N–H and O–H groups in total. The number of alkyl halides is 3. The summed E-state index contributed by atoms with van der Waals surface area (Å²) < 4.78 is 39.8. The summed E-state index contributed by atoms with van der Waals surface area (Å²) in [5.41, 5.74) is 5.38. The second-order valence-corrected chi connectivity index (χ2v) is 2.36. The van der Waals surface area contributed by atoms with Gasteiger partial charge in [0.2, 0.25) is 0 Å². The molecular weight excluding hydrogens is 173 g/mol. The number of nitrogens with two attached hydrogens (primary N) is 1. The highest BCUT2D eigenvalue weighted by Gasteiger charge is 2.37. The van der Waals surface area contributed by atoms with E-state index in [1.165, 1.54) is 6.92 Å². The van der Waals surface area contributed by atoms with Crippen LogP contribution in [-0.4, -0.2) is 4.98 Å². The first-order chi connectivity index (χ1) is 5.41. The van der Waals surface area contributed by atoms with Crippen molar-refractivity contribution >= 4 is 0 Å². The molecule has 0 aliphatic carbocycles. The number of hydrogen-bond acceptors (Lipinski definition) is 3. The van der Waals surface area contributed by atoms with Crippen molar-refractivity contribution in [1.82, 2.24) is 4.98 Å². The van der Waals surface area contributed by atoms with E-state index in [0.29, 0.717) is 0 Å². The Morgan fingerprint density at radius 1 is 1.58 bits per heavy atom. The molecule has 68 valence electrons. The highest BCUT2D eigenvalue weighted by atomic mass is 19.4. The molecule has 0 spiro atoms. The maximum atomic E-state index is 11.9. The van der Waals surface area contributed by atoms with Gasteiger partial charge < -0.3 is 10.2 Å². The SMILES string of the molecule is CC(N)c1coc(C(F)(F)F)n1. The lowest BCUT2D eigenvalue weighted by molar-refractivity contribution is -0.157. The van der Waals surface area contributed by atoms with Crippen molar-refractivity contribution in [2.75, 3.05) is 0 Å². The molecule has 1 heterocycles. The Morgan fingerprint density at radius 3 is 2.42 bits per heavy atom. The van der Waals surface area contributed by atoms with Crippen LogP contribution >= 0.6 is 0 Å². The third kappa shape index (κ3) is 1.76. The van der Waals surface area contributed by atoms with Crippen LogP contribution in [0.2, 0.25) is 0 Å². The van der Waals surface area contributed by atoms with E-state index in [1.54, 1.807) is 0 Å². The predicted octanol–water partition coefficient (Wildman–Crippen LogP) is 1.71. The summed E-state index contributed by atoms with van der Waals surface area (Å²) in [5, 5.41) is 0. The summed E-state index contributed by atoms with van der Waals surface area (Å²) in [6.07, 6.45) is -3.62. The monoisotopic (exact) mass is 180 g/mol. The number of halogens is 3. The average Bonchev–Trinajstić information content (AvgIpc) is 2.30. The molecular formula is C6H7F3N2O. The molecule has 1 unspecified atom stereocenters. The predicted molar refractivity (Wildman–Crippen MR) is 34.1 cm³/mol. The highest BCUT2D eigenvalue weighted by molar-refractivity contribution is 5.02. The largest absolute Gasteiger partial charge is 0.468 e. The van der Waals surface area contributed by atoms with E-state index in [1.807, 2.05) is 0 Å². The Labute approximate surface area is 66.4 Å². The molecule has 6 heteroatoms. The first-order valence-electron chi connectivity index (χ1n) is 3.19. The van der Waals surface area contributed by atoms with Gasteiger partial charge in [0, 0.05) is 6.04 Å². The third-order valence-corrected chi connectivity index (χ3v) is 1.23. The van der Waals surface area contributed by atoms with E-state index >= 15 is 0 Å². The summed E-state index contributed by atoms with van der Waals surface area (Å²) in [4.78, 5) is 3.16. The lowest BCUT2D eigenvalue weighted by Gasteiger charge is -1.98. The van der Waals surface area contributed by atoms with E-state index in [-0.39, 0.29) is 5.69 Å². The van der Waals surface area contributed by atoms with Gasteiger partial charge in [-0.05, 0) is 6.92 Å². The third-order valence-electron chi connectivity index (χ3n) is 1.23. The van der Waals surface area contributed by atoms with Gasteiger partial charge in [0.1, 0.15) is 6.26 Å². The molecule has 0 amide bonds. The van der Waals surface area contributed by atoms with Crippen molar-refractivity contribution in [3.8, 4) is 0 Å². The zero-order valence-electron chi connectivity index (χ0n) is 6.22. The van der Waals surface area contributed by atoms with E-state index in [2.05, 4.69) is 9.40 Å². The molecule has 0 aromatic carbocycles. The first kappa shape index (κ1) is 9.05. The van der Waals surface area contributed by atoms with E-state index in [0.717, 1.165) is 6.26 Å². The standard InChI is InChI=1S/C6H7F3N2O/c1-3(10)4-2-12-5(11-4)6(7,8)9/h2-3H,10H2,1H3. The Hall–Kier alpha value is -1.04. The number of nitrogens with zero attached hydrogens (tertiary/aromatic N) is 1. The zero-order chi connectivity index (χ0) is 9.35. The molecule has 1 aromatic rings. The number of aromatic nitrogens is 1. The quantitative estimate of drug-likeness (QED) is 0.715. The summed E-state index contributed by atoms with van der Waals surface area (Å²) in [5.74, 6) is -1.25. The van der Waals surface area contributed by atoms with Crippen molar-refractivity contribution in [1.29, 1.82) is 0 Å². The molecule has 0 radical (unpaired) electrons. The van der Waals surface area contributed by atoms with Gasteiger partial charge >= 0.3 is 12.1 Å². The van der Waals surface area contributed by atoms with Gasteiger partial charge in [0.05, 0.1) is 5.69 Å². The normalized spacial score (nSPS) is 14.8. The molecule has 0 saturated heterocycles. The van der Waals surface area contributed by atoms with Gasteiger partial charge in [-0.2, -0.15) is 13.2 Å². The van der Waals surface area contributed by atoms with Crippen molar-refractivity contribution in [2.24, 2.45) is 5.73 Å². The minimum absolute atomic E-state index is 0.0994. The van der Waals surface area contributed by atoms with Gasteiger partial charge in [0.25, 0.3) is 0 Å². The first-order valence-corrected chi connectivity index (χ1v) is 3.19. The van der Waals surface area contributed by atoms with Crippen molar-refractivity contribution in [2.45, 2.75) is 19.1 Å². The number of hydrogen-bond donors (Lipinski definition) is 1. The highest BCUT2D eigenvalue weighted by Crippen LogP contribution is 2.28. The molecule has 0 saturated carbocycles. The average molecular weight is 180 g/mol. The van der Waals surface area contributed by atoms with Crippen LogP contribution in [0.1, 0.15) is 24.6 Å². The van der Waals surface area contributed by atoms with Gasteiger partial charge in [-0.1, -0.05) is 0 Å². The molecule has 1 atom stereocenters. The summed E-state index contributed by atoms with van der Waals surface area (Å²) in [6.45, 7) is 1.53. The maximum absolute atomic E-state index is 11.9. The molecule has 0 fully saturated rings. The van der Waals surface area contributed by atoms with Crippen LogP contribution < -0.4 is 5.73 Å². The fourth-order valence-corrected chi connectivity index (χ4v) is 0.625. The van der Waals surface area contributed by atoms with Crippen LogP contribution in [0, 0.1) is 0 Å². The Bertz CT molecular complexity index is 266. The Morgan fingerprint density at radius 2 is 2.17 bits per heavy atom. The van der Waals surface area contributed by atoms with Crippen molar-refractivity contribution in [3.63, 3.8) is 0 Å². The lowest BCUT2D eigenvalue weighted by atomic mass is 10.3. The zero-order valence-corrected chi connectivity index (χ0v) is 6.22. The second-order valence-electron chi connectivity index (χ2n) is 2.36. The van der Waals surface area contributed by atoms with Crippen LogP contribution in [0.15, 0.2) is 10.7 Å². The van der Waals surface area contributed by atoms with Crippen molar-refractivity contribution < 1.29 is 17.6 Å². The van der Waals surface area contributed by atoms with E-state index < -0.39 is 18.1 Å². The smallest absolute Gasteiger partial charge is 0.441 e. The van der Waals surface area contributed by atoms with Crippen molar-refractivity contribution in [3.05, 3.63) is 17.8 Å². The van der Waals surface area contributed by atoms with Gasteiger partial charge in [-0.15, -0.1) is 0 Å². The van der Waals surface area contributed by atoms with Gasteiger partial charge in [0.15, 0.2) is 0 Å². The van der Waals surface area contributed by atoms with E-state index in [9.17, 15) is 13.2 Å². The van der Waals surface area contributed by atoms with Gasteiger partial charge in [-0.3, -0.25) is 0 Å². The summed E-state index contributed by atoms with van der Waals surface area (Å²) >= 11 is 0. The van der Waals surface area contributed by atoms with Crippen LogP contribution in [0.4, 0.5) is 13.2 Å². The molecule has 0 aliphatic heterocycles. The van der Waals surface area contributed by atoms with Crippen LogP contribution in [0.3, 0.4) is 0 Å². The van der Waals surface area contributed by atoms with Crippen LogP contribution in [0.5, 0.6) is 0 Å². The Kier molecular flexibility index (Phi) is 2.10. The van der Waals surface area contributed by atoms with Crippen LogP contribution in [0.25, 0.3) is 0 Å². The number of rotatable bonds is 1. The number of oxazole rings is 1. The van der Waals surface area contributed by atoms with Crippen LogP contribution in [-0.2, 0) is 6.18 Å². The topological polar surface area (TPSA) is 52.0 Å². The minimum Gasteiger partial charge on any atom is -0.441 e. The summed E-state index contributed by atoms with van der Waals surface area (Å²) in [7, 11) is 0. The molecule has 3 nitrogen and oxygen atoms in total. The fraction of sp³-hybridized carbons (Fsp3) is 0.500. The lowest BCUT2D eigenvalue weighted by Crippen LogP contribution is -2.08. The fourth-order valence-electron chi connectivity index (χ4n) is 0.625. The molecule has 12 heavy (non-hydrogen) atoms. The maximum Gasteiger partial charge on any atom is 0.468 e. The van der Waals surface area contributed by atoms with E-state index in [4.69, 9.17) is 5.73 Å². The van der Waals surface area contributed by atoms with Gasteiger partial charge in [-0.25, -0.2) is 4.98 Å². The molecule has 1 aromatic heterocycles. The molecule has 0 bridgehead atoms. The molecule has 1 rings (SSSR count).